The van der Waals surface area contributed by atoms with Crippen molar-refractivity contribution in [1.29, 1.82) is 0 Å². The number of rotatable bonds is 4. The van der Waals surface area contributed by atoms with Gasteiger partial charge >= 0.3 is 0 Å². The molecular weight excluding hydrogens is 292 g/mol. The van der Waals surface area contributed by atoms with Crippen molar-refractivity contribution in [1.82, 2.24) is 4.98 Å². The average Bonchev–Trinajstić information content (AvgIpc) is 2.82. The normalized spacial score (nSPS) is 10.9. The maximum atomic E-state index is 5.96. The first-order chi connectivity index (χ1) is 9.74. The molecule has 0 spiro atoms. The van der Waals surface area contributed by atoms with Crippen molar-refractivity contribution in [3.05, 3.63) is 53.1 Å². The molecule has 3 nitrogen and oxygen atoms in total. The maximum absolute atomic E-state index is 5.96. The zero-order chi connectivity index (χ0) is 13.9. The predicted octanol–water partition coefficient (Wildman–Crippen LogP) is 4.24. The minimum atomic E-state index is 0.619. The van der Waals surface area contributed by atoms with Gasteiger partial charge in [0.15, 0.2) is 0 Å². The summed E-state index contributed by atoms with van der Waals surface area (Å²) in [6, 6.07) is 13.5. The molecule has 5 heteroatoms. The molecule has 3 rings (SSSR count). The minimum Gasteiger partial charge on any atom is -0.431 e. The molecule has 0 aliphatic rings. The van der Waals surface area contributed by atoms with Gasteiger partial charge in [-0.2, -0.15) is 0 Å². The van der Waals surface area contributed by atoms with Gasteiger partial charge in [-0.25, -0.2) is 4.98 Å². The second kappa shape index (κ2) is 5.79. The number of benzene rings is 2. The first-order valence-electron chi connectivity index (χ1n) is 6.27. The molecule has 0 atom stereocenters. The second-order valence-corrected chi connectivity index (χ2v) is 5.81. The number of ether oxygens (including phenoxy) is 1. The van der Waals surface area contributed by atoms with Crippen LogP contribution in [0.25, 0.3) is 10.2 Å². The Morgan fingerprint density at radius 2 is 1.95 bits per heavy atom. The summed E-state index contributed by atoms with van der Waals surface area (Å²) < 4.78 is 6.79. The van der Waals surface area contributed by atoms with E-state index >= 15 is 0 Å². The third-order valence-corrected chi connectivity index (χ3v) is 4.02. The first kappa shape index (κ1) is 13.4. The van der Waals surface area contributed by atoms with Gasteiger partial charge in [0.1, 0.15) is 5.75 Å². The molecule has 0 unspecified atom stereocenters. The molecule has 0 saturated heterocycles. The van der Waals surface area contributed by atoms with Gasteiger partial charge < -0.3 is 10.5 Å². The highest BCUT2D eigenvalue weighted by atomic mass is 35.5. The number of thiazole rings is 1. The number of aromatic nitrogens is 1. The molecule has 102 valence electrons. The molecule has 20 heavy (non-hydrogen) atoms. The summed E-state index contributed by atoms with van der Waals surface area (Å²) in [5.41, 5.74) is 7.63. The number of hydrogen-bond acceptors (Lipinski definition) is 4. The van der Waals surface area contributed by atoms with E-state index in [1.165, 1.54) is 16.9 Å². The Bertz CT molecular complexity index is 724. The Hall–Kier alpha value is -1.62. The molecule has 2 aromatic carbocycles. The minimum absolute atomic E-state index is 0.619. The maximum Gasteiger partial charge on any atom is 0.279 e. The molecule has 0 aliphatic heterocycles. The van der Waals surface area contributed by atoms with E-state index in [0.29, 0.717) is 16.8 Å². The van der Waals surface area contributed by atoms with E-state index in [4.69, 9.17) is 22.1 Å². The Balaban J connectivity index is 1.81. The Kier molecular flexibility index (Phi) is 3.87. The molecule has 3 aromatic rings. The van der Waals surface area contributed by atoms with Crippen LogP contribution < -0.4 is 10.5 Å². The van der Waals surface area contributed by atoms with Gasteiger partial charge in [-0.3, -0.25) is 0 Å². The van der Waals surface area contributed by atoms with Crippen molar-refractivity contribution < 1.29 is 4.74 Å². The van der Waals surface area contributed by atoms with E-state index < -0.39 is 0 Å². The van der Waals surface area contributed by atoms with E-state index in [-0.39, 0.29) is 0 Å². The lowest BCUT2D eigenvalue weighted by molar-refractivity contribution is 0.480. The van der Waals surface area contributed by atoms with Crippen molar-refractivity contribution in [2.24, 2.45) is 5.73 Å². The van der Waals surface area contributed by atoms with E-state index in [0.717, 1.165) is 22.4 Å². The van der Waals surface area contributed by atoms with Crippen LogP contribution in [0.1, 0.15) is 5.56 Å². The molecule has 1 aromatic heterocycles. The number of nitrogens with zero attached hydrogens (tertiary/aromatic N) is 1. The van der Waals surface area contributed by atoms with Gasteiger partial charge in [0.05, 0.1) is 10.2 Å². The summed E-state index contributed by atoms with van der Waals surface area (Å²) in [7, 11) is 0. The third kappa shape index (κ3) is 2.93. The average molecular weight is 305 g/mol. The van der Waals surface area contributed by atoms with Gasteiger partial charge in [-0.05, 0) is 48.9 Å². The van der Waals surface area contributed by atoms with Crippen molar-refractivity contribution in [2.75, 3.05) is 6.54 Å². The van der Waals surface area contributed by atoms with Crippen LogP contribution in [0.15, 0.2) is 42.5 Å². The molecule has 0 saturated carbocycles. The summed E-state index contributed by atoms with van der Waals surface area (Å²) in [5, 5.41) is 1.33. The summed E-state index contributed by atoms with van der Waals surface area (Å²) in [4.78, 5) is 4.43. The second-order valence-electron chi connectivity index (χ2n) is 4.38. The summed E-state index contributed by atoms with van der Waals surface area (Å²) in [6.45, 7) is 0.652. The van der Waals surface area contributed by atoms with Crippen LogP contribution in [0.3, 0.4) is 0 Å². The topological polar surface area (TPSA) is 48.1 Å². The number of nitrogens with two attached hydrogens (primary N) is 1. The fourth-order valence-electron chi connectivity index (χ4n) is 1.91. The Labute approximate surface area is 126 Å². The van der Waals surface area contributed by atoms with E-state index in [1.807, 2.05) is 42.5 Å². The fraction of sp³-hybridized carbons (Fsp3) is 0.133. The van der Waals surface area contributed by atoms with Crippen LogP contribution in [0, 0.1) is 0 Å². The van der Waals surface area contributed by atoms with Gasteiger partial charge in [-0.15, -0.1) is 0 Å². The van der Waals surface area contributed by atoms with Crippen molar-refractivity contribution >= 4 is 33.2 Å². The van der Waals surface area contributed by atoms with Crippen LogP contribution in [-0.2, 0) is 6.42 Å². The highest BCUT2D eigenvalue weighted by Gasteiger charge is 2.06. The monoisotopic (exact) mass is 304 g/mol. The lowest BCUT2D eigenvalue weighted by atomic mass is 10.1. The molecule has 0 radical (unpaired) electrons. The van der Waals surface area contributed by atoms with Crippen LogP contribution in [0.4, 0.5) is 0 Å². The van der Waals surface area contributed by atoms with Crippen LogP contribution >= 0.6 is 22.9 Å². The Morgan fingerprint density at radius 1 is 1.15 bits per heavy atom. The van der Waals surface area contributed by atoms with Crippen LogP contribution in [-0.4, -0.2) is 11.5 Å². The van der Waals surface area contributed by atoms with Crippen molar-refractivity contribution in [2.45, 2.75) is 6.42 Å². The number of halogens is 1. The standard InChI is InChI=1S/C15H13ClN2OS/c16-11-3-6-13-14(9-11)20-15(18-13)19-12-4-1-10(2-5-12)7-8-17/h1-6,9H,7-8,17H2. The highest BCUT2D eigenvalue weighted by Crippen LogP contribution is 2.32. The van der Waals surface area contributed by atoms with Gasteiger partial charge in [0.25, 0.3) is 5.19 Å². The SMILES string of the molecule is NCCc1ccc(Oc2nc3ccc(Cl)cc3s2)cc1. The smallest absolute Gasteiger partial charge is 0.279 e. The number of fused-ring (bicyclic) bond motifs is 1. The van der Waals surface area contributed by atoms with Crippen molar-refractivity contribution in [3.63, 3.8) is 0 Å². The van der Waals surface area contributed by atoms with Crippen molar-refractivity contribution in [3.8, 4) is 10.9 Å². The lowest BCUT2D eigenvalue weighted by Gasteiger charge is -2.02. The number of hydrogen-bond donors (Lipinski definition) is 1. The third-order valence-electron chi connectivity index (χ3n) is 2.89. The molecule has 0 aliphatic carbocycles. The van der Waals surface area contributed by atoms with E-state index in [2.05, 4.69) is 4.98 Å². The van der Waals surface area contributed by atoms with E-state index in [1.54, 1.807) is 0 Å². The first-order valence-corrected chi connectivity index (χ1v) is 7.47. The van der Waals surface area contributed by atoms with Crippen LogP contribution in [0.2, 0.25) is 5.02 Å². The Morgan fingerprint density at radius 3 is 2.70 bits per heavy atom. The quantitative estimate of drug-likeness (QED) is 0.784. The summed E-state index contributed by atoms with van der Waals surface area (Å²) in [5.74, 6) is 0.774. The molecule has 2 N–H and O–H groups in total. The predicted molar refractivity (Wildman–Crippen MR) is 83.9 cm³/mol. The van der Waals surface area contributed by atoms with Gasteiger partial charge in [-0.1, -0.05) is 35.1 Å². The van der Waals surface area contributed by atoms with E-state index in [9.17, 15) is 0 Å². The lowest BCUT2D eigenvalue weighted by Crippen LogP contribution is -2.02. The summed E-state index contributed by atoms with van der Waals surface area (Å²) >= 11 is 7.45. The summed E-state index contributed by atoms with van der Waals surface area (Å²) in [6.07, 6.45) is 0.875. The zero-order valence-electron chi connectivity index (χ0n) is 10.7. The largest absolute Gasteiger partial charge is 0.431 e. The van der Waals surface area contributed by atoms with Crippen LogP contribution in [0.5, 0.6) is 10.9 Å². The molecule has 0 fully saturated rings. The molecular formula is C15H13ClN2OS. The fourth-order valence-corrected chi connectivity index (χ4v) is 3.02. The molecule has 0 amide bonds. The molecule has 0 bridgehead atoms. The zero-order valence-corrected chi connectivity index (χ0v) is 12.2. The van der Waals surface area contributed by atoms with Gasteiger partial charge in [0.2, 0.25) is 0 Å². The highest BCUT2D eigenvalue weighted by molar-refractivity contribution is 7.20. The van der Waals surface area contributed by atoms with Gasteiger partial charge in [0, 0.05) is 5.02 Å². The molecule has 1 heterocycles.